The molecule has 2 N–H and O–H groups in total. The average molecular weight is 681 g/mol. The van der Waals surface area contributed by atoms with Gasteiger partial charge in [-0.25, -0.2) is 18.3 Å². The summed E-state index contributed by atoms with van der Waals surface area (Å²) in [4.78, 5) is 17.5. The first-order chi connectivity index (χ1) is 20.7. The third-order valence-corrected chi connectivity index (χ3v) is 9.40. The molecule has 3 atom stereocenters. The highest BCUT2D eigenvalue weighted by molar-refractivity contribution is 9.10. The lowest BCUT2D eigenvalue weighted by molar-refractivity contribution is 0.159. The topological polar surface area (TPSA) is 115 Å². The maximum atomic E-state index is 14.1. The van der Waals surface area contributed by atoms with Crippen LogP contribution in [-0.2, 0) is 15.8 Å². The number of nitrogens with one attached hydrogen (secondary N) is 2. The Hall–Kier alpha value is -2.75. The first kappa shape index (κ1) is 31.7. The summed E-state index contributed by atoms with van der Waals surface area (Å²) in [7, 11) is 1.62. The van der Waals surface area contributed by atoms with Crippen LogP contribution in [0, 0.1) is 11.6 Å². The number of anilines is 1. The number of halogens is 3. The lowest BCUT2D eigenvalue weighted by Gasteiger charge is -2.31. The van der Waals surface area contributed by atoms with Crippen molar-refractivity contribution in [1.29, 1.82) is 0 Å². The monoisotopic (exact) mass is 679 g/mol. The number of aromatic nitrogens is 2. The summed E-state index contributed by atoms with van der Waals surface area (Å²) in [6.45, 7) is 3.45. The normalized spacial score (nSPS) is 20.8. The number of piperidine rings is 1. The zero-order valence-corrected chi connectivity index (χ0v) is 26.1. The molecule has 2 saturated heterocycles. The summed E-state index contributed by atoms with van der Waals surface area (Å²) in [5.74, 6) is -1.56. The van der Waals surface area contributed by atoms with E-state index in [-0.39, 0.29) is 23.8 Å². The number of carbonyl (C=O) groups is 1. The molecule has 0 aliphatic carbocycles. The van der Waals surface area contributed by atoms with E-state index in [9.17, 15) is 22.3 Å². The fourth-order valence-corrected chi connectivity index (χ4v) is 7.08. The number of hydrogen-bond acceptors (Lipinski definition) is 7. The highest BCUT2D eigenvalue weighted by Gasteiger charge is 2.36. The molecule has 1 aromatic heterocycles. The molecular weight excluding hydrogens is 646 g/mol. The van der Waals surface area contributed by atoms with Gasteiger partial charge < -0.3 is 14.6 Å². The van der Waals surface area contributed by atoms with Crippen molar-refractivity contribution in [2.24, 2.45) is 0 Å². The Labute approximate surface area is 260 Å². The van der Waals surface area contributed by atoms with Gasteiger partial charge in [0.25, 0.3) is 0 Å². The zero-order valence-electron chi connectivity index (χ0n) is 23.7. The van der Waals surface area contributed by atoms with Crippen molar-refractivity contribution in [3.05, 3.63) is 75.9 Å². The van der Waals surface area contributed by atoms with E-state index in [4.69, 9.17) is 9.84 Å². The number of rotatable bonds is 10. The van der Waals surface area contributed by atoms with E-state index >= 15 is 0 Å². The van der Waals surface area contributed by atoms with Crippen LogP contribution in [0.1, 0.15) is 35.9 Å². The quantitative estimate of drug-likeness (QED) is 0.309. The summed E-state index contributed by atoms with van der Waals surface area (Å²) in [6, 6.07) is 12.5. The molecular formula is C29H34BrF2N6O4S-. The van der Waals surface area contributed by atoms with Gasteiger partial charge in [0.15, 0.2) is 17.5 Å². The number of carbonyl (C=O) groups excluding carboxylic acids is 1. The van der Waals surface area contributed by atoms with Crippen molar-refractivity contribution in [3.63, 3.8) is 0 Å². The minimum atomic E-state index is -2.13. The molecule has 10 nitrogen and oxygen atoms in total. The smallest absolute Gasteiger partial charge is 0.320 e. The van der Waals surface area contributed by atoms with E-state index in [1.165, 1.54) is 6.07 Å². The second kappa shape index (κ2) is 14.4. The van der Waals surface area contributed by atoms with Gasteiger partial charge in [-0.1, -0.05) is 24.3 Å². The number of hydrogen-bond donors (Lipinski definition) is 2. The number of amides is 2. The van der Waals surface area contributed by atoms with Gasteiger partial charge in [0.1, 0.15) is 0 Å². The zero-order chi connectivity index (χ0) is 30.5. The molecule has 2 aliphatic heterocycles. The first-order valence-corrected chi connectivity index (χ1v) is 16.1. The van der Waals surface area contributed by atoms with Gasteiger partial charge in [-0.3, -0.25) is 19.3 Å². The Balaban J connectivity index is 1.37. The molecule has 0 bridgehead atoms. The first-order valence-electron chi connectivity index (χ1n) is 14.1. The number of methoxy groups -OCH3 is 1. The standard InChI is InChI=1S/C29H35BrF2N6O4S/c1-42-14-13-37-16-22(20-7-8-23(31)24(32)15-20)25(17-37)33-29(39)34-28-26(30)27(35-38(28)21-5-3-2-4-6-21)19-9-11-36(12-10-19)18-43(40)41/h2-8,15,19,22,25H,9-14,16-18H2,1H3,(H,40,41)(H2,33,34,39)/p-1/t22-,25+/m0/s1. The van der Waals surface area contributed by atoms with Gasteiger partial charge in [0, 0.05) is 38.6 Å². The van der Waals surface area contributed by atoms with Crippen LogP contribution in [0.3, 0.4) is 0 Å². The van der Waals surface area contributed by atoms with Gasteiger partial charge in [0.2, 0.25) is 0 Å². The number of nitrogens with zero attached hydrogens (tertiary/aromatic N) is 4. The molecule has 14 heteroatoms. The highest BCUT2D eigenvalue weighted by Crippen LogP contribution is 2.38. The van der Waals surface area contributed by atoms with Crippen LogP contribution in [0.25, 0.3) is 5.69 Å². The summed E-state index contributed by atoms with van der Waals surface area (Å²) < 4.78 is 57.7. The van der Waals surface area contributed by atoms with E-state index < -0.39 is 28.7 Å². The fourth-order valence-electron chi connectivity index (χ4n) is 5.85. The number of benzene rings is 2. The molecule has 2 amide bonds. The third-order valence-electron chi connectivity index (χ3n) is 8.04. The van der Waals surface area contributed by atoms with Crippen LogP contribution in [0.15, 0.2) is 53.0 Å². The molecule has 43 heavy (non-hydrogen) atoms. The molecule has 0 spiro atoms. The van der Waals surface area contributed by atoms with Crippen molar-refractivity contribution in [1.82, 2.24) is 24.9 Å². The summed E-state index contributed by atoms with van der Waals surface area (Å²) in [5.41, 5.74) is 2.15. The van der Waals surface area contributed by atoms with Gasteiger partial charge in [-0.2, -0.15) is 5.10 Å². The van der Waals surface area contributed by atoms with E-state index in [0.717, 1.165) is 30.3 Å². The molecule has 1 unspecified atom stereocenters. The Morgan fingerprint density at radius 1 is 1.12 bits per heavy atom. The molecule has 0 radical (unpaired) electrons. The molecule has 232 valence electrons. The van der Waals surface area contributed by atoms with Crippen LogP contribution in [0.4, 0.5) is 19.4 Å². The SMILES string of the molecule is COCCN1C[C@@H](NC(=O)Nc2c(Br)c(C3CCN(CS(=O)[O-])CC3)nn2-c2ccccc2)[C@H](c2ccc(F)c(F)c2)C1. The second-order valence-corrected chi connectivity index (χ2v) is 12.5. The van der Waals surface area contributed by atoms with E-state index in [2.05, 4.69) is 31.5 Å². The maximum absolute atomic E-state index is 14.1. The molecule has 3 aromatic rings. The lowest BCUT2D eigenvalue weighted by Crippen LogP contribution is -2.42. The minimum Gasteiger partial charge on any atom is -0.771 e. The van der Waals surface area contributed by atoms with Gasteiger partial charge in [-0.05, 0) is 82.8 Å². The van der Waals surface area contributed by atoms with Crippen molar-refractivity contribution in [2.45, 2.75) is 30.7 Å². The summed E-state index contributed by atoms with van der Waals surface area (Å²) >= 11 is 1.57. The van der Waals surface area contributed by atoms with Crippen LogP contribution < -0.4 is 10.6 Å². The van der Waals surface area contributed by atoms with E-state index in [1.807, 2.05) is 35.2 Å². The molecule has 3 heterocycles. The predicted octanol–water partition coefficient (Wildman–Crippen LogP) is 4.16. The molecule has 2 fully saturated rings. The molecule has 2 aliphatic rings. The summed E-state index contributed by atoms with van der Waals surface area (Å²) in [5, 5.41) is 10.9. The Bertz CT molecular complexity index is 1440. The van der Waals surface area contributed by atoms with Crippen LogP contribution in [-0.4, -0.2) is 92.7 Å². The number of ether oxygens (including phenoxy) is 1. The van der Waals surface area contributed by atoms with Crippen molar-refractivity contribution in [2.75, 3.05) is 57.6 Å². The fraction of sp³-hybridized carbons (Fsp3) is 0.448. The van der Waals surface area contributed by atoms with Crippen LogP contribution in [0.5, 0.6) is 0 Å². The average Bonchev–Trinajstić information content (AvgIpc) is 3.54. The predicted molar refractivity (Wildman–Crippen MR) is 162 cm³/mol. The van der Waals surface area contributed by atoms with Gasteiger partial charge in [0.05, 0.1) is 34.4 Å². The largest absolute Gasteiger partial charge is 0.771 e. The van der Waals surface area contributed by atoms with E-state index in [0.29, 0.717) is 55.2 Å². The third kappa shape index (κ3) is 7.67. The Morgan fingerprint density at radius 2 is 1.86 bits per heavy atom. The molecule has 2 aromatic carbocycles. The molecule has 5 rings (SSSR count). The summed E-state index contributed by atoms with van der Waals surface area (Å²) in [6.07, 6.45) is 1.45. The number of urea groups is 1. The Kier molecular flexibility index (Phi) is 10.6. The number of para-hydroxylation sites is 1. The highest BCUT2D eigenvalue weighted by atomic mass is 79.9. The van der Waals surface area contributed by atoms with E-state index in [1.54, 1.807) is 17.9 Å². The lowest BCUT2D eigenvalue weighted by atomic mass is 9.94. The van der Waals surface area contributed by atoms with Crippen LogP contribution >= 0.6 is 15.9 Å². The Morgan fingerprint density at radius 3 is 2.53 bits per heavy atom. The van der Waals surface area contributed by atoms with Crippen LogP contribution in [0.2, 0.25) is 0 Å². The molecule has 0 saturated carbocycles. The van der Waals surface area contributed by atoms with Gasteiger partial charge >= 0.3 is 6.03 Å². The van der Waals surface area contributed by atoms with Crippen molar-refractivity contribution >= 4 is 38.9 Å². The second-order valence-electron chi connectivity index (χ2n) is 10.9. The maximum Gasteiger partial charge on any atom is 0.320 e. The van der Waals surface area contributed by atoms with Crippen molar-refractivity contribution < 1.29 is 27.1 Å². The minimum absolute atomic E-state index is 0.00887. The van der Waals surface area contributed by atoms with Crippen molar-refractivity contribution in [3.8, 4) is 5.69 Å². The number of likely N-dealkylation sites (tertiary alicyclic amines) is 2. The van der Waals surface area contributed by atoms with Gasteiger partial charge in [-0.15, -0.1) is 0 Å².